The van der Waals surface area contributed by atoms with Crippen LogP contribution in [-0.2, 0) is 6.42 Å². The lowest BCUT2D eigenvalue weighted by Crippen LogP contribution is -2.27. The minimum absolute atomic E-state index is 0.309. The SMILES string of the molecule is Cc1cc(C)c2c(C)cc3c4c2c1C1C(=Nc2ccccc21)C4C=CC3. The van der Waals surface area contributed by atoms with Gasteiger partial charge in [-0.2, -0.15) is 0 Å². The van der Waals surface area contributed by atoms with Crippen LogP contribution >= 0.6 is 0 Å². The largest absolute Gasteiger partial charge is 0.256 e. The Labute approximate surface area is 154 Å². The van der Waals surface area contributed by atoms with Crippen LogP contribution in [0.2, 0.25) is 0 Å². The average molecular weight is 335 g/mol. The van der Waals surface area contributed by atoms with Crippen LogP contribution < -0.4 is 0 Å². The maximum atomic E-state index is 5.14. The molecule has 3 aliphatic rings. The molecule has 0 aromatic heterocycles. The van der Waals surface area contributed by atoms with Gasteiger partial charge in [-0.1, -0.05) is 42.5 Å². The van der Waals surface area contributed by atoms with E-state index in [0.717, 1.165) is 12.1 Å². The van der Waals surface area contributed by atoms with Crippen LogP contribution in [0.15, 0.2) is 53.5 Å². The van der Waals surface area contributed by atoms with E-state index < -0.39 is 0 Å². The van der Waals surface area contributed by atoms with Gasteiger partial charge in [-0.25, -0.2) is 0 Å². The minimum atomic E-state index is 0.309. The van der Waals surface area contributed by atoms with Crippen molar-refractivity contribution in [3.05, 3.63) is 87.5 Å². The first kappa shape index (κ1) is 14.5. The number of aliphatic imine (C=N–C) groups is 1. The van der Waals surface area contributed by atoms with Gasteiger partial charge in [-0.15, -0.1) is 0 Å². The van der Waals surface area contributed by atoms with Crippen LogP contribution in [0.5, 0.6) is 0 Å². The molecule has 2 unspecified atom stereocenters. The van der Waals surface area contributed by atoms with Crippen LogP contribution in [0.1, 0.15) is 50.8 Å². The second-order valence-electron chi connectivity index (χ2n) is 8.08. The van der Waals surface area contributed by atoms with Crippen LogP contribution in [0.4, 0.5) is 5.69 Å². The van der Waals surface area contributed by atoms with Crippen molar-refractivity contribution in [1.29, 1.82) is 0 Å². The van der Waals surface area contributed by atoms with Gasteiger partial charge in [0.1, 0.15) is 0 Å². The van der Waals surface area contributed by atoms with E-state index in [2.05, 4.69) is 69.3 Å². The molecule has 1 heterocycles. The second kappa shape index (κ2) is 4.73. The quantitative estimate of drug-likeness (QED) is 0.434. The molecule has 1 aliphatic heterocycles. The molecule has 0 N–H and O–H groups in total. The zero-order chi connectivity index (χ0) is 17.6. The topological polar surface area (TPSA) is 12.4 Å². The number of para-hydroxylation sites is 1. The van der Waals surface area contributed by atoms with Crippen LogP contribution in [-0.4, -0.2) is 5.71 Å². The molecule has 26 heavy (non-hydrogen) atoms. The highest BCUT2D eigenvalue weighted by molar-refractivity contribution is 6.15. The molecule has 126 valence electrons. The fourth-order valence-corrected chi connectivity index (χ4v) is 5.68. The molecule has 3 aromatic rings. The van der Waals surface area contributed by atoms with Crippen molar-refractivity contribution in [2.24, 2.45) is 4.99 Å². The van der Waals surface area contributed by atoms with Gasteiger partial charge in [-0.3, -0.25) is 4.99 Å². The predicted molar refractivity (Wildman–Crippen MR) is 109 cm³/mol. The van der Waals surface area contributed by atoms with E-state index in [9.17, 15) is 0 Å². The number of benzene rings is 3. The third kappa shape index (κ3) is 1.60. The highest BCUT2D eigenvalue weighted by atomic mass is 14.8. The summed E-state index contributed by atoms with van der Waals surface area (Å²) in [6.45, 7) is 6.83. The van der Waals surface area contributed by atoms with Crippen LogP contribution in [0, 0.1) is 20.8 Å². The number of fused-ring (bicyclic) bond motifs is 5. The van der Waals surface area contributed by atoms with Crippen molar-refractivity contribution in [2.45, 2.75) is 39.0 Å². The monoisotopic (exact) mass is 335 g/mol. The summed E-state index contributed by atoms with van der Waals surface area (Å²) in [7, 11) is 0. The number of hydrogen-bond donors (Lipinski definition) is 0. The lowest BCUT2D eigenvalue weighted by atomic mass is 9.67. The molecule has 6 rings (SSSR count). The zero-order valence-corrected chi connectivity index (χ0v) is 15.4. The molecule has 1 heteroatoms. The Morgan fingerprint density at radius 3 is 2.58 bits per heavy atom. The first-order valence-electron chi connectivity index (χ1n) is 9.55. The summed E-state index contributed by atoms with van der Waals surface area (Å²) in [5.74, 6) is 0.636. The first-order chi connectivity index (χ1) is 12.6. The Morgan fingerprint density at radius 2 is 1.69 bits per heavy atom. The molecule has 0 saturated heterocycles. The molecule has 0 spiro atoms. The lowest BCUT2D eigenvalue weighted by molar-refractivity contribution is 0.948. The molecule has 0 bridgehead atoms. The normalized spacial score (nSPS) is 21.6. The molecule has 2 atom stereocenters. The third-order valence-corrected chi connectivity index (χ3v) is 6.55. The molecule has 0 fully saturated rings. The summed E-state index contributed by atoms with van der Waals surface area (Å²) >= 11 is 0. The van der Waals surface area contributed by atoms with Gasteiger partial charge >= 0.3 is 0 Å². The number of nitrogens with zero attached hydrogens (tertiary/aromatic N) is 1. The Kier molecular flexibility index (Phi) is 2.64. The summed E-state index contributed by atoms with van der Waals surface area (Å²) in [5, 5.41) is 2.99. The van der Waals surface area contributed by atoms with Gasteiger partial charge in [0.25, 0.3) is 0 Å². The van der Waals surface area contributed by atoms with Gasteiger partial charge < -0.3 is 0 Å². The van der Waals surface area contributed by atoms with Crippen molar-refractivity contribution < 1.29 is 0 Å². The van der Waals surface area contributed by atoms with Gasteiger partial charge in [0.2, 0.25) is 0 Å². The smallest absolute Gasteiger partial charge is 0.0671 e. The van der Waals surface area contributed by atoms with Gasteiger partial charge in [0.15, 0.2) is 0 Å². The zero-order valence-electron chi connectivity index (χ0n) is 15.4. The molecule has 1 nitrogen and oxygen atoms in total. The van der Waals surface area contributed by atoms with Crippen molar-refractivity contribution in [3.63, 3.8) is 0 Å². The maximum absolute atomic E-state index is 5.14. The molecular formula is C25H21N. The van der Waals surface area contributed by atoms with Crippen molar-refractivity contribution in [3.8, 4) is 0 Å². The van der Waals surface area contributed by atoms with E-state index in [0.29, 0.717) is 11.8 Å². The Balaban J connectivity index is 1.85. The van der Waals surface area contributed by atoms with E-state index in [1.54, 1.807) is 0 Å². The number of allylic oxidation sites excluding steroid dienone is 2. The van der Waals surface area contributed by atoms with E-state index in [-0.39, 0.29) is 0 Å². The third-order valence-electron chi connectivity index (χ3n) is 6.55. The van der Waals surface area contributed by atoms with E-state index in [1.165, 1.54) is 55.4 Å². The van der Waals surface area contributed by atoms with Gasteiger partial charge in [0, 0.05) is 11.6 Å². The van der Waals surface area contributed by atoms with E-state index >= 15 is 0 Å². The molecule has 0 radical (unpaired) electrons. The summed E-state index contributed by atoms with van der Waals surface area (Å²) < 4.78 is 0. The Morgan fingerprint density at radius 1 is 0.885 bits per heavy atom. The Bertz CT molecular complexity index is 1190. The second-order valence-corrected chi connectivity index (χ2v) is 8.08. The maximum Gasteiger partial charge on any atom is 0.0671 e. The van der Waals surface area contributed by atoms with Crippen molar-refractivity contribution in [2.75, 3.05) is 0 Å². The number of aryl methyl sites for hydroxylation is 3. The summed E-state index contributed by atoms with van der Waals surface area (Å²) in [6.07, 6.45) is 5.78. The van der Waals surface area contributed by atoms with Crippen molar-refractivity contribution >= 4 is 22.2 Å². The summed E-state index contributed by atoms with van der Waals surface area (Å²) in [4.78, 5) is 5.14. The highest BCUT2D eigenvalue weighted by Gasteiger charge is 2.41. The minimum Gasteiger partial charge on any atom is -0.256 e. The number of hydrogen-bond acceptors (Lipinski definition) is 1. The molecule has 0 amide bonds. The molecule has 0 saturated carbocycles. The summed E-state index contributed by atoms with van der Waals surface area (Å²) in [6, 6.07) is 13.5. The first-order valence-corrected chi connectivity index (χ1v) is 9.55. The lowest BCUT2D eigenvalue weighted by Gasteiger charge is -2.35. The van der Waals surface area contributed by atoms with Crippen LogP contribution in [0.25, 0.3) is 10.8 Å². The average Bonchev–Trinajstić information content (AvgIpc) is 3.01. The predicted octanol–water partition coefficient (Wildman–Crippen LogP) is 6.19. The van der Waals surface area contributed by atoms with E-state index in [1.807, 2.05) is 0 Å². The fourth-order valence-electron chi connectivity index (χ4n) is 5.68. The number of rotatable bonds is 0. The van der Waals surface area contributed by atoms with Crippen molar-refractivity contribution in [1.82, 2.24) is 0 Å². The highest BCUT2D eigenvalue weighted by Crippen LogP contribution is 2.54. The fraction of sp³-hybridized carbons (Fsp3) is 0.240. The van der Waals surface area contributed by atoms with Gasteiger partial charge in [-0.05, 0) is 83.0 Å². The van der Waals surface area contributed by atoms with Crippen LogP contribution in [0.3, 0.4) is 0 Å². The molecular weight excluding hydrogens is 314 g/mol. The molecule has 3 aromatic carbocycles. The van der Waals surface area contributed by atoms with E-state index in [4.69, 9.17) is 4.99 Å². The van der Waals surface area contributed by atoms with Gasteiger partial charge in [0.05, 0.1) is 11.6 Å². The standard InChI is InChI=1S/C25H21N/c1-13-11-14(2)21-23-17-8-4-5-10-19(17)26-25(23)18-9-6-7-16-12-15(3)20(13)24(21)22(16)18/h4-6,8-12,18,23H,7H2,1-3H3. The summed E-state index contributed by atoms with van der Waals surface area (Å²) in [5.41, 5.74) is 12.6. The molecule has 2 aliphatic carbocycles. The Hall–Kier alpha value is -2.67.